The van der Waals surface area contributed by atoms with Crippen LogP contribution in [0.1, 0.15) is 33.4 Å². The van der Waals surface area contributed by atoms with Crippen LogP contribution >= 0.6 is 11.8 Å². The van der Waals surface area contributed by atoms with E-state index in [1.54, 1.807) is 0 Å². The van der Waals surface area contributed by atoms with Crippen LogP contribution in [-0.4, -0.2) is 0 Å². The third kappa shape index (κ3) is 2.07. The zero-order valence-electron chi connectivity index (χ0n) is 17.0. The smallest absolute Gasteiger partial charge is 0.0958 e. The molecule has 4 aromatic rings. The van der Waals surface area contributed by atoms with E-state index in [0.29, 0.717) is 0 Å². The molecule has 0 nitrogen and oxygen atoms in total. The molecule has 4 aromatic carbocycles. The summed E-state index contributed by atoms with van der Waals surface area (Å²) < 4.78 is -0.172. The Morgan fingerprint density at radius 2 is 1.03 bits per heavy atom. The number of rotatable bonds is 2. The highest BCUT2D eigenvalue weighted by molar-refractivity contribution is 8.09. The van der Waals surface area contributed by atoms with Crippen molar-refractivity contribution in [2.24, 2.45) is 0 Å². The van der Waals surface area contributed by atoms with E-state index < -0.39 is 0 Å². The number of allylic oxidation sites excluding steroid dienone is 2. The number of benzene rings is 4. The first kappa shape index (κ1) is 17.4. The molecule has 0 atom stereocenters. The van der Waals surface area contributed by atoms with Crippen molar-refractivity contribution in [1.29, 1.82) is 0 Å². The summed E-state index contributed by atoms with van der Waals surface area (Å²) in [5.41, 5.74) is 9.49. The highest BCUT2D eigenvalue weighted by atomic mass is 32.2. The number of hydrogen-bond acceptors (Lipinski definition) is 1. The van der Waals surface area contributed by atoms with Crippen molar-refractivity contribution >= 4 is 16.7 Å². The summed E-state index contributed by atoms with van der Waals surface area (Å²) in [7, 11) is 0. The minimum atomic E-state index is -0.255. The maximum absolute atomic E-state index is 2.55. The minimum absolute atomic E-state index is 0.172. The molecular formula is C30H20S. The zero-order chi connectivity index (χ0) is 20.5. The molecule has 31 heavy (non-hydrogen) atoms. The van der Waals surface area contributed by atoms with E-state index >= 15 is 0 Å². The maximum atomic E-state index is 2.55. The van der Waals surface area contributed by atoms with Crippen LogP contribution < -0.4 is 0 Å². The Kier molecular flexibility index (Phi) is 3.43. The van der Waals surface area contributed by atoms with Gasteiger partial charge >= 0.3 is 0 Å². The monoisotopic (exact) mass is 412 g/mol. The fourth-order valence-corrected chi connectivity index (χ4v) is 7.43. The van der Waals surface area contributed by atoms with Crippen LogP contribution in [0.2, 0.25) is 0 Å². The molecule has 146 valence electrons. The van der Waals surface area contributed by atoms with E-state index in [2.05, 4.69) is 121 Å². The van der Waals surface area contributed by atoms with Gasteiger partial charge in [0.25, 0.3) is 0 Å². The fraction of sp³-hybridized carbons (Fsp3) is 0.0667. The van der Waals surface area contributed by atoms with Crippen LogP contribution in [-0.2, 0) is 10.2 Å². The second-order valence-electron chi connectivity index (χ2n) is 8.52. The minimum Gasteiger partial charge on any atom is -0.104 e. The molecule has 0 unspecified atom stereocenters. The summed E-state index contributed by atoms with van der Waals surface area (Å²) in [5.74, 6) is 0. The maximum Gasteiger partial charge on any atom is 0.0958 e. The molecule has 1 aliphatic heterocycles. The quantitative estimate of drug-likeness (QED) is 0.333. The topological polar surface area (TPSA) is 0 Å². The standard InChI is InChI=1S/C30H20S/c1-3-11-21(12-4-1)28-19-23-20-29(22-13-5-2-6-14-22)24-15-7-9-17-26(24)30(23,31-28)27-18-10-8-16-25(27)29/h1-20H. The van der Waals surface area contributed by atoms with Crippen LogP contribution in [0.4, 0.5) is 0 Å². The van der Waals surface area contributed by atoms with Crippen LogP contribution in [0, 0.1) is 0 Å². The van der Waals surface area contributed by atoms with Crippen molar-refractivity contribution in [3.63, 3.8) is 0 Å². The molecule has 0 saturated heterocycles. The average Bonchev–Trinajstić information content (AvgIpc) is 3.26. The Balaban J connectivity index is 1.61. The Labute approximate surface area is 187 Å². The molecule has 0 fully saturated rings. The second-order valence-corrected chi connectivity index (χ2v) is 9.78. The van der Waals surface area contributed by atoms with Crippen molar-refractivity contribution in [2.45, 2.75) is 10.2 Å². The lowest BCUT2D eigenvalue weighted by Gasteiger charge is -2.52. The van der Waals surface area contributed by atoms with E-state index in [4.69, 9.17) is 0 Å². The Morgan fingerprint density at radius 3 is 1.65 bits per heavy atom. The molecule has 0 N–H and O–H groups in total. The van der Waals surface area contributed by atoms with Gasteiger partial charge in [-0.25, -0.2) is 0 Å². The Hall–Kier alpha value is -3.29. The highest BCUT2D eigenvalue weighted by Crippen LogP contribution is 2.69. The molecule has 3 aliphatic carbocycles. The van der Waals surface area contributed by atoms with Gasteiger partial charge in [-0.05, 0) is 45.0 Å². The molecule has 2 bridgehead atoms. The molecule has 1 heteroatoms. The first-order chi connectivity index (χ1) is 15.3. The SMILES string of the molecule is C1=C(c2ccccc2)SC23C1=CC(c1ccccc1)(c1ccccc12)c1ccccc13. The van der Waals surface area contributed by atoms with Gasteiger partial charge in [-0.3, -0.25) is 0 Å². The lowest BCUT2D eigenvalue weighted by atomic mass is 9.54. The molecule has 1 heterocycles. The van der Waals surface area contributed by atoms with Crippen molar-refractivity contribution in [3.8, 4) is 0 Å². The molecule has 0 saturated carbocycles. The van der Waals surface area contributed by atoms with Gasteiger partial charge in [0, 0.05) is 4.91 Å². The normalized spacial score (nSPS) is 24.6. The lowest BCUT2D eigenvalue weighted by Crippen LogP contribution is -2.45. The zero-order valence-corrected chi connectivity index (χ0v) is 17.8. The van der Waals surface area contributed by atoms with E-state index in [1.807, 2.05) is 11.8 Å². The highest BCUT2D eigenvalue weighted by Gasteiger charge is 2.58. The van der Waals surface area contributed by atoms with Gasteiger partial charge in [0.05, 0.1) is 10.2 Å². The Bertz CT molecular complexity index is 1350. The van der Waals surface area contributed by atoms with Gasteiger partial charge < -0.3 is 0 Å². The number of hydrogen-bond donors (Lipinski definition) is 0. The van der Waals surface area contributed by atoms with Gasteiger partial charge in [-0.2, -0.15) is 0 Å². The third-order valence-corrected chi connectivity index (χ3v) is 8.63. The van der Waals surface area contributed by atoms with Crippen LogP contribution in [0.25, 0.3) is 4.91 Å². The molecule has 8 rings (SSSR count). The van der Waals surface area contributed by atoms with Crippen LogP contribution in [0.15, 0.2) is 127 Å². The van der Waals surface area contributed by atoms with Crippen molar-refractivity contribution in [1.82, 2.24) is 0 Å². The fourth-order valence-electron chi connectivity index (χ4n) is 5.85. The number of thioether (sulfide) groups is 1. The second kappa shape index (κ2) is 6.12. The van der Waals surface area contributed by atoms with Gasteiger partial charge in [0.1, 0.15) is 0 Å². The summed E-state index contributed by atoms with van der Waals surface area (Å²) >= 11 is 2.01. The van der Waals surface area contributed by atoms with Gasteiger partial charge in [0.15, 0.2) is 0 Å². The Morgan fingerprint density at radius 1 is 0.516 bits per heavy atom. The van der Waals surface area contributed by atoms with Crippen molar-refractivity contribution < 1.29 is 0 Å². The predicted octanol–water partition coefficient (Wildman–Crippen LogP) is 7.31. The van der Waals surface area contributed by atoms with Crippen molar-refractivity contribution in [2.75, 3.05) is 0 Å². The van der Waals surface area contributed by atoms with Gasteiger partial charge in [-0.1, -0.05) is 115 Å². The average molecular weight is 413 g/mol. The third-order valence-electron chi connectivity index (χ3n) is 7.08. The largest absolute Gasteiger partial charge is 0.104 e. The lowest BCUT2D eigenvalue weighted by molar-refractivity contribution is 0.640. The van der Waals surface area contributed by atoms with Gasteiger partial charge in [0.2, 0.25) is 0 Å². The predicted molar refractivity (Wildman–Crippen MR) is 130 cm³/mol. The van der Waals surface area contributed by atoms with Crippen molar-refractivity contribution in [3.05, 3.63) is 160 Å². The molecule has 1 spiro atoms. The van der Waals surface area contributed by atoms with E-state index in [-0.39, 0.29) is 10.2 Å². The molecule has 0 aromatic heterocycles. The molecular weight excluding hydrogens is 392 g/mol. The summed E-state index contributed by atoms with van der Waals surface area (Å²) in [6.07, 6.45) is 4.99. The first-order valence-corrected chi connectivity index (χ1v) is 11.6. The summed E-state index contributed by atoms with van der Waals surface area (Å²) in [4.78, 5) is 1.35. The molecule has 0 radical (unpaired) electrons. The van der Waals surface area contributed by atoms with E-state index in [0.717, 1.165) is 0 Å². The van der Waals surface area contributed by atoms with E-state index in [9.17, 15) is 0 Å². The van der Waals surface area contributed by atoms with Crippen LogP contribution in [0.3, 0.4) is 0 Å². The molecule has 4 aliphatic rings. The van der Waals surface area contributed by atoms with Crippen LogP contribution in [0.5, 0.6) is 0 Å². The van der Waals surface area contributed by atoms with Gasteiger partial charge in [-0.15, -0.1) is 11.8 Å². The van der Waals surface area contributed by atoms with E-state index in [1.165, 1.54) is 43.9 Å². The summed E-state index contributed by atoms with van der Waals surface area (Å²) in [6.45, 7) is 0. The summed E-state index contributed by atoms with van der Waals surface area (Å²) in [6, 6.07) is 40.0. The summed E-state index contributed by atoms with van der Waals surface area (Å²) in [5, 5.41) is 0. The molecule has 0 amide bonds. The first-order valence-electron chi connectivity index (χ1n) is 10.8.